The predicted octanol–water partition coefficient (Wildman–Crippen LogP) is 2.53. The SMILES string of the molecule is CCCCCCCCCC/C=C/O[C@H](CO)[C@H]1OC[C@H](O)[C@H]1O. The molecule has 1 aliphatic rings. The Morgan fingerprint density at radius 1 is 1.09 bits per heavy atom. The van der Waals surface area contributed by atoms with Crippen LogP contribution < -0.4 is 0 Å². The van der Waals surface area contributed by atoms with Gasteiger partial charge in [0.05, 0.1) is 19.5 Å². The molecule has 1 fully saturated rings. The van der Waals surface area contributed by atoms with Crippen LogP contribution in [0.25, 0.3) is 0 Å². The topological polar surface area (TPSA) is 79.2 Å². The fourth-order valence-electron chi connectivity index (χ4n) is 2.80. The summed E-state index contributed by atoms with van der Waals surface area (Å²) in [6, 6.07) is 0. The van der Waals surface area contributed by atoms with Crippen molar-refractivity contribution in [3.63, 3.8) is 0 Å². The average Bonchev–Trinajstić information content (AvgIpc) is 2.88. The molecule has 0 spiro atoms. The number of aliphatic hydroxyl groups is 3. The van der Waals surface area contributed by atoms with Crippen LogP contribution in [0.15, 0.2) is 12.3 Å². The van der Waals surface area contributed by atoms with E-state index in [9.17, 15) is 15.3 Å². The maximum atomic E-state index is 9.75. The van der Waals surface area contributed by atoms with E-state index in [1.807, 2.05) is 6.08 Å². The fraction of sp³-hybridized carbons (Fsp3) is 0.889. The fourth-order valence-corrected chi connectivity index (χ4v) is 2.80. The zero-order valence-electron chi connectivity index (χ0n) is 14.4. The summed E-state index contributed by atoms with van der Waals surface area (Å²) in [7, 11) is 0. The van der Waals surface area contributed by atoms with Crippen molar-refractivity contribution in [3.8, 4) is 0 Å². The maximum Gasteiger partial charge on any atom is 0.149 e. The molecule has 4 atom stereocenters. The average molecular weight is 330 g/mol. The van der Waals surface area contributed by atoms with E-state index in [0.29, 0.717) is 0 Å². The summed E-state index contributed by atoms with van der Waals surface area (Å²) in [4.78, 5) is 0. The number of ether oxygens (including phenoxy) is 2. The Morgan fingerprint density at radius 2 is 1.74 bits per heavy atom. The van der Waals surface area contributed by atoms with Crippen LogP contribution in [-0.4, -0.2) is 52.9 Å². The van der Waals surface area contributed by atoms with Gasteiger partial charge in [0.1, 0.15) is 24.4 Å². The van der Waals surface area contributed by atoms with Gasteiger partial charge in [-0.25, -0.2) is 0 Å². The summed E-state index contributed by atoms with van der Waals surface area (Å²) < 4.78 is 10.7. The molecule has 5 heteroatoms. The number of rotatable bonds is 13. The highest BCUT2D eigenvalue weighted by atomic mass is 16.6. The zero-order chi connectivity index (χ0) is 16.9. The molecule has 0 radical (unpaired) electrons. The minimum Gasteiger partial charge on any atom is -0.493 e. The highest BCUT2D eigenvalue weighted by Crippen LogP contribution is 2.19. The Kier molecular flexibility index (Phi) is 11.3. The Bertz CT molecular complexity index is 308. The van der Waals surface area contributed by atoms with Gasteiger partial charge in [0.25, 0.3) is 0 Å². The number of unbranched alkanes of at least 4 members (excludes halogenated alkanes) is 8. The minimum atomic E-state index is -1.01. The highest BCUT2D eigenvalue weighted by molar-refractivity contribution is 4.90. The highest BCUT2D eigenvalue weighted by Gasteiger charge is 2.40. The third-order valence-corrected chi connectivity index (χ3v) is 4.31. The van der Waals surface area contributed by atoms with Crippen LogP contribution in [0.3, 0.4) is 0 Å². The summed E-state index contributed by atoms with van der Waals surface area (Å²) in [6.07, 6.45) is 11.6. The lowest BCUT2D eigenvalue weighted by atomic mass is 10.1. The van der Waals surface area contributed by atoms with E-state index >= 15 is 0 Å². The predicted molar refractivity (Wildman–Crippen MR) is 90.1 cm³/mol. The zero-order valence-corrected chi connectivity index (χ0v) is 14.4. The molecule has 23 heavy (non-hydrogen) atoms. The Morgan fingerprint density at radius 3 is 2.30 bits per heavy atom. The van der Waals surface area contributed by atoms with Gasteiger partial charge in [-0.15, -0.1) is 0 Å². The van der Waals surface area contributed by atoms with Crippen LogP contribution in [0, 0.1) is 0 Å². The largest absolute Gasteiger partial charge is 0.493 e. The van der Waals surface area contributed by atoms with Crippen LogP contribution in [-0.2, 0) is 9.47 Å². The number of allylic oxidation sites excluding steroid dienone is 1. The van der Waals surface area contributed by atoms with Gasteiger partial charge in [0.2, 0.25) is 0 Å². The molecule has 0 saturated carbocycles. The quantitative estimate of drug-likeness (QED) is 0.357. The second kappa shape index (κ2) is 12.8. The smallest absolute Gasteiger partial charge is 0.149 e. The monoisotopic (exact) mass is 330 g/mol. The number of hydrogen-bond donors (Lipinski definition) is 3. The van der Waals surface area contributed by atoms with Gasteiger partial charge >= 0.3 is 0 Å². The van der Waals surface area contributed by atoms with Crippen LogP contribution in [0.1, 0.15) is 64.7 Å². The third-order valence-electron chi connectivity index (χ3n) is 4.31. The van der Waals surface area contributed by atoms with Crippen molar-refractivity contribution in [1.82, 2.24) is 0 Å². The van der Waals surface area contributed by atoms with Gasteiger partial charge in [-0.3, -0.25) is 0 Å². The van der Waals surface area contributed by atoms with Crippen LogP contribution >= 0.6 is 0 Å². The van der Waals surface area contributed by atoms with E-state index in [1.54, 1.807) is 6.26 Å². The first-order valence-electron chi connectivity index (χ1n) is 9.09. The molecule has 136 valence electrons. The normalized spacial score (nSPS) is 26.0. The maximum absolute atomic E-state index is 9.75. The molecule has 0 aromatic rings. The lowest BCUT2D eigenvalue weighted by Gasteiger charge is -2.23. The molecule has 0 aromatic carbocycles. The van der Waals surface area contributed by atoms with Crippen molar-refractivity contribution in [2.24, 2.45) is 0 Å². The number of aliphatic hydroxyl groups excluding tert-OH is 3. The van der Waals surface area contributed by atoms with E-state index in [2.05, 4.69) is 6.92 Å². The Balaban J connectivity index is 2.04. The molecule has 5 nitrogen and oxygen atoms in total. The molecule has 0 unspecified atom stereocenters. The summed E-state index contributed by atoms with van der Waals surface area (Å²) in [5.74, 6) is 0. The van der Waals surface area contributed by atoms with Gasteiger partial charge in [-0.05, 0) is 18.9 Å². The summed E-state index contributed by atoms with van der Waals surface area (Å²) >= 11 is 0. The molecular formula is C18H34O5. The molecule has 0 amide bonds. The Hall–Kier alpha value is -0.620. The third kappa shape index (κ3) is 8.15. The molecular weight excluding hydrogens is 296 g/mol. The summed E-state index contributed by atoms with van der Waals surface area (Å²) in [5.41, 5.74) is 0. The van der Waals surface area contributed by atoms with E-state index in [1.165, 1.54) is 44.9 Å². The minimum absolute atomic E-state index is 0.0770. The lowest BCUT2D eigenvalue weighted by Crippen LogP contribution is -2.41. The first-order chi connectivity index (χ1) is 11.2. The van der Waals surface area contributed by atoms with E-state index in [-0.39, 0.29) is 13.2 Å². The molecule has 1 heterocycles. The molecule has 0 bridgehead atoms. The first-order valence-corrected chi connectivity index (χ1v) is 9.09. The van der Waals surface area contributed by atoms with Crippen LogP contribution in [0.4, 0.5) is 0 Å². The van der Waals surface area contributed by atoms with Crippen molar-refractivity contribution in [1.29, 1.82) is 0 Å². The van der Waals surface area contributed by atoms with E-state index in [4.69, 9.17) is 9.47 Å². The van der Waals surface area contributed by atoms with Crippen molar-refractivity contribution in [2.75, 3.05) is 13.2 Å². The second-order valence-corrected chi connectivity index (χ2v) is 6.35. The van der Waals surface area contributed by atoms with Gasteiger partial charge in [0, 0.05) is 0 Å². The first kappa shape index (κ1) is 20.4. The lowest BCUT2D eigenvalue weighted by molar-refractivity contribution is -0.0737. The van der Waals surface area contributed by atoms with Crippen molar-refractivity contribution < 1.29 is 24.8 Å². The Labute approximate surface area is 140 Å². The molecule has 0 aliphatic carbocycles. The molecule has 3 N–H and O–H groups in total. The van der Waals surface area contributed by atoms with Crippen LogP contribution in [0.5, 0.6) is 0 Å². The standard InChI is InChI=1S/C18H34O5/c1-2-3-4-5-6-7-8-9-10-11-12-22-16(13-19)18-17(21)15(20)14-23-18/h11-12,15-21H,2-10,13-14H2,1H3/b12-11+/t15-,16+,17+,18+/m0/s1. The van der Waals surface area contributed by atoms with Crippen molar-refractivity contribution >= 4 is 0 Å². The molecule has 0 aromatic heterocycles. The summed E-state index contributed by atoms with van der Waals surface area (Å²) in [6.45, 7) is 2.06. The van der Waals surface area contributed by atoms with Crippen molar-refractivity contribution in [2.45, 2.75) is 89.1 Å². The van der Waals surface area contributed by atoms with Crippen molar-refractivity contribution in [3.05, 3.63) is 12.3 Å². The van der Waals surface area contributed by atoms with E-state index < -0.39 is 24.4 Å². The van der Waals surface area contributed by atoms with Gasteiger partial charge in [-0.1, -0.05) is 51.9 Å². The van der Waals surface area contributed by atoms with Gasteiger partial charge < -0.3 is 24.8 Å². The van der Waals surface area contributed by atoms with Crippen LogP contribution in [0.2, 0.25) is 0 Å². The second-order valence-electron chi connectivity index (χ2n) is 6.35. The molecule has 1 aliphatic heterocycles. The molecule has 1 rings (SSSR count). The van der Waals surface area contributed by atoms with Gasteiger partial charge in [-0.2, -0.15) is 0 Å². The molecule has 1 saturated heterocycles. The summed E-state index contributed by atoms with van der Waals surface area (Å²) in [5, 5.41) is 28.5. The van der Waals surface area contributed by atoms with E-state index in [0.717, 1.165) is 12.8 Å². The van der Waals surface area contributed by atoms with Gasteiger partial charge in [0.15, 0.2) is 0 Å². The number of hydrogen-bond acceptors (Lipinski definition) is 5.